The molecule has 0 bridgehead atoms. The monoisotopic (exact) mass is 215 g/mol. The van der Waals surface area contributed by atoms with Crippen LogP contribution in [0.1, 0.15) is 16.1 Å². The predicted molar refractivity (Wildman–Crippen MR) is 55.8 cm³/mol. The quantitative estimate of drug-likeness (QED) is 0.703. The van der Waals surface area contributed by atoms with E-state index >= 15 is 0 Å². The molecule has 14 heavy (non-hydrogen) atoms. The smallest absolute Gasteiger partial charge is 0.338 e. The van der Waals surface area contributed by atoms with E-state index in [1.807, 2.05) is 6.26 Å². The molecule has 0 unspecified atom stereocenters. The van der Waals surface area contributed by atoms with Gasteiger partial charge in [-0.15, -0.1) is 0 Å². The Morgan fingerprint density at radius 1 is 1.71 bits per heavy atom. The number of thioether (sulfide) groups is 1. The van der Waals surface area contributed by atoms with Gasteiger partial charge in [-0.05, 0) is 12.3 Å². The van der Waals surface area contributed by atoms with E-state index in [1.54, 1.807) is 11.8 Å². The number of carboxylic acids is 1. The minimum Gasteiger partial charge on any atom is -0.478 e. The van der Waals surface area contributed by atoms with Gasteiger partial charge in [-0.2, -0.15) is 11.8 Å². The fourth-order valence-corrected chi connectivity index (χ4v) is 1.32. The molecule has 0 aliphatic heterocycles. The molecule has 0 radical (unpaired) electrons. The third-order valence-electron chi connectivity index (χ3n) is 1.68. The lowest BCUT2D eigenvalue weighted by Crippen LogP contribution is -2.15. The van der Waals surface area contributed by atoms with Gasteiger partial charge in [0.05, 0.1) is 12.1 Å². The van der Waals surface area contributed by atoms with E-state index < -0.39 is 5.97 Å². The summed E-state index contributed by atoms with van der Waals surface area (Å²) in [6.07, 6.45) is 3.30. The van der Waals surface area contributed by atoms with Crippen molar-refractivity contribution in [3.8, 4) is 0 Å². The van der Waals surface area contributed by atoms with Gasteiger partial charge in [-0.3, -0.25) is 0 Å². The Kier molecular flexibility index (Phi) is 4.55. The molecule has 1 rings (SSSR count). The average Bonchev–Trinajstić information content (AvgIpc) is 2.61. The number of rotatable bonds is 6. The molecule has 1 aromatic heterocycles. The minimum atomic E-state index is -0.955. The van der Waals surface area contributed by atoms with Crippen molar-refractivity contribution in [1.82, 2.24) is 5.32 Å². The zero-order chi connectivity index (χ0) is 10.4. The first-order chi connectivity index (χ1) is 6.74. The number of furan rings is 1. The van der Waals surface area contributed by atoms with Crippen molar-refractivity contribution in [2.45, 2.75) is 6.54 Å². The van der Waals surface area contributed by atoms with E-state index in [4.69, 9.17) is 9.52 Å². The number of carboxylic acid groups (broad SMARTS) is 1. The Morgan fingerprint density at radius 3 is 3.07 bits per heavy atom. The summed E-state index contributed by atoms with van der Waals surface area (Å²) in [5.41, 5.74) is 0.201. The van der Waals surface area contributed by atoms with E-state index in [2.05, 4.69) is 5.32 Å². The molecule has 0 saturated carbocycles. The zero-order valence-electron chi connectivity index (χ0n) is 7.95. The molecule has 0 spiro atoms. The SMILES string of the molecule is CSCCNCc1cc(C(=O)O)co1. The predicted octanol–water partition coefficient (Wildman–Crippen LogP) is 1.43. The molecule has 0 amide bonds. The van der Waals surface area contributed by atoms with Crippen molar-refractivity contribution in [3.05, 3.63) is 23.7 Å². The van der Waals surface area contributed by atoms with Crippen LogP contribution in [-0.2, 0) is 6.54 Å². The highest BCUT2D eigenvalue weighted by Crippen LogP contribution is 2.07. The molecule has 0 fully saturated rings. The maximum atomic E-state index is 10.5. The summed E-state index contributed by atoms with van der Waals surface area (Å²) >= 11 is 1.76. The van der Waals surface area contributed by atoms with Crippen molar-refractivity contribution in [2.75, 3.05) is 18.6 Å². The summed E-state index contributed by atoms with van der Waals surface area (Å²) in [7, 11) is 0. The molecule has 0 atom stereocenters. The topological polar surface area (TPSA) is 62.5 Å². The van der Waals surface area contributed by atoms with E-state index in [1.165, 1.54) is 12.3 Å². The first kappa shape index (κ1) is 11.1. The first-order valence-electron chi connectivity index (χ1n) is 4.24. The van der Waals surface area contributed by atoms with Crippen LogP contribution >= 0.6 is 11.8 Å². The molecule has 1 aromatic rings. The van der Waals surface area contributed by atoms with Gasteiger partial charge in [0.15, 0.2) is 0 Å². The molecule has 0 aromatic carbocycles. The minimum absolute atomic E-state index is 0.201. The summed E-state index contributed by atoms with van der Waals surface area (Å²) in [6.45, 7) is 1.47. The molecular weight excluding hydrogens is 202 g/mol. The van der Waals surface area contributed by atoms with Crippen molar-refractivity contribution < 1.29 is 14.3 Å². The molecule has 78 valence electrons. The van der Waals surface area contributed by atoms with Crippen LogP contribution in [0.15, 0.2) is 16.7 Å². The maximum absolute atomic E-state index is 10.5. The molecule has 0 aliphatic rings. The number of hydrogen-bond donors (Lipinski definition) is 2. The van der Waals surface area contributed by atoms with Crippen molar-refractivity contribution in [3.63, 3.8) is 0 Å². The van der Waals surface area contributed by atoms with Gasteiger partial charge in [-0.25, -0.2) is 4.79 Å². The van der Waals surface area contributed by atoms with Gasteiger partial charge < -0.3 is 14.8 Å². The lowest BCUT2D eigenvalue weighted by atomic mass is 10.3. The van der Waals surface area contributed by atoms with Crippen molar-refractivity contribution >= 4 is 17.7 Å². The van der Waals surface area contributed by atoms with Gasteiger partial charge in [0.25, 0.3) is 0 Å². The molecule has 1 heterocycles. The van der Waals surface area contributed by atoms with Gasteiger partial charge in [0, 0.05) is 12.3 Å². The summed E-state index contributed by atoms with van der Waals surface area (Å²) in [5, 5.41) is 11.8. The highest BCUT2D eigenvalue weighted by molar-refractivity contribution is 7.98. The van der Waals surface area contributed by atoms with Crippen LogP contribution in [0.3, 0.4) is 0 Å². The largest absolute Gasteiger partial charge is 0.478 e. The summed E-state index contributed by atoms with van der Waals surface area (Å²) in [6, 6.07) is 1.54. The van der Waals surface area contributed by atoms with Crippen LogP contribution in [0.5, 0.6) is 0 Å². The van der Waals surface area contributed by atoms with Crippen molar-refractivity contribution in [1.29, 1.82) is 0 Å². The second kappa shape index (κ2) is 5.72. The molecule has 4 nitrogen and oxygen atoms in total. The average molecular weight is 215 g/mol. The Morgan fingerprint density at radius 2 is 2.50 bits per heavy atom. The third kappa shape index (κ3) is 3.43. The van der Waals surface area contributed by atoms with Crippen molar-refractivity contribution in [2.24, 2.45) is 0 Å². The number of hydrogen-bond acceptors (Lipinski definition) is 4. The van der Waals surface area contributed by atoms with Crippen LogP contribution in [0, 0.1) is 0 Å². The van der Waals surface area contributed by atoms with Crippen LogP contribution in [0.4, 0.5) is 0 Å². The molecule has 0 aliphatic carbocycles. The van der Waals surface area contributed by atoms with Gasteiger partial charge >= 0.3 is 5.97 Å². The standard InChI is InChI=1S/C9H13NO3S/c1-14-3-2-10-5-8-4-7(6-13-8)9(11)12/h4,6,10H,2-3,5H2,1H3,(H,11,12). The number of nitrogens with one attached hydrogen (secondary N) is 1. The highest BCUT2D eigenvalue weighted by atomic mass is 32.2. The third-order valence-corrected chi connectivity index (χ3v) is 2.30. The van der Waals surface area contributed by atoms with Gasteiger partial charge in [-0.1, -0.05) is 0 Å². The number of carbonyl (C=O) groups is 1. The van der Waals surface area contributed by atoms with Crippen LogP contribution < -0.4 is 5.32 Å². The van der Waals surface area contributed by atoms with E-state index in [-0.39, 0.29) is 5.56 Å². The fourth-order valence-electron chi connectivity index (χ4n) is 0.971. The Balaban J connectivity index is 2.33. The second-order valence-electron chi connectivity index (χ2n) is 2.78. The van der Waals surface area contributed by atoms with Gasteiger partial charge in [0.1, 0.15) is 12.0 Å². The maximum Gasteiger partial charge on any atom is 0.338 e. The lowest BCUT2D eigenvalue weighted by Gasteiger charge is -1.99. The summed E-state index contributed by atoms with van der Waals surface area (Å²) in [5.74, 6) is 0.736. The zero-order valence-corrected chi connectivity index (χ0v) is 8.76. The molecular formula is C9H13NO3S. The molecule has 5 heteroatoms. The van der Waals surface area contributed by atoms with E-state index in [9.17, 15) is 4.79 Å². The fraction of sp³-hybridized carbons (Fsp3) is 0.444. The normalized spacial score (nSPS) is 10.4. The molecule has 0 saturated heterocycles. The van der Waals surface area contributed by atoms with E-state index in [0.29, 0.717) is 12.3 Å². The Bertz CT molecular complexity index is 298. The van der Waals surface area contributed by atoms with E-state index in [0.717, 1.165) is 12.3 Å². The molecule has 2 N–H and O–H groups in total. The Hall–Kier alpha value is -0.940. The Labute approximate surface area is 86.7 Å². The first-order valence-corrected chi connectivity index (χ1v) is 5.64. The van der Waals surface area contributed by atoms with Gasteiger partial charge in [0.2, 0.25) is 0 Å². The number of aromatic carboxylic acids is 1. The lowest BCUT2D eigenvalue weighted by molar-refractivity contribution is 0.0696. The highest BCUT2D eigenvalue weighted by Gasteiger charge is 2.07. The summed E-state index contributed by atoms with van der Waals surface area (Å²) in [4.78, 5) is 10.5. The second-order valence-corrected chi connectivity index (χ2v) is 3.76. The van der Waals surface area contributed by atoms with Crippen LogP contribution in [0.2, 0.25) is 0 Å². The van der Waals surface area contributed by atoms with Crippen LogP contribution in [-0.4, -0.2) is 29.6 Å². The summed E-state index contributed by atoms with van der Waals surface area (Å²) < 4.78 is 5.06. The van der Waals surface area contributed by atoms with Crippen LogP contribution in [0.25, 0.3) is 0 Å².